The van der Waals surface area contributed by atoms with E-state index in [1.165, 1.54) is 0 Å². The standard InChI is InChI=1S/C16H18ClN3O/c1-10(2)18-16(21)12-8-20(9-12)15-6-3-11-7-13(17)4-5-14(11)19-15/h3-7,10,12H,8-9H2,1-2H3,(H,18,21). The summed E-state index contributed by atoms with van der Waals surface area (Å²) >= 11 is 5.97. The van der Waals surface area contributed by atoms with Crippen LogP contribution in [0.1, 0.15) is 13.8 Å². The Kier molecular flexibility index (Phi) is 3.72. The molecule has 4 nitrogen and oxygen atoms in total. The monoisotopic (exact) mass is 303 g/mol. The lowest BCUT2D eigenvalue weighted by Gasteiger charge is -2.39. The van der Waals surface area contributed by atoms with E-state index >= 15 is 0 Å². The number of nitrogens with one attached hydrogen (secondary N) is 1. The zero-order valence-electron chi connectivity index (χ0n) is 12.1. The number of carbonyl (C=O) groups is 1. The molecule has 1 saturated heterocycles. The van der Waals surface area contributed by atoms with Gasteiger partial charge in [-0.25, -0.2) is 4.98 Å². The molecule has 0 aliphatic carbocycles. The van der Waals surface area contributed by atoms with Gasteiger partial charge >= 0.3 is 0 Å². The van der Waals surface area contributed by atoms with Gasteiger partial charge in [-0.15, -0.1) is 0 Å². The lowest BCUT2D eigenvalue weighted by Crippen LogP contribution is -2.54. The number of carbonyl (C=O) groups excluding carboxylic acids is 1. The number of nitrogens with zero attached hydrogens (tertiary/aromatic N) is 2. The summed E-state index contributed by atoms with van der Waals surface area (Å²) in [5.74, 6) is 1.11. The minimum absolute atomic E-state index is 0.0649. The molecule has 1 aliphatic heterocycles. The molecule has 2 heterocycles. The number of fused-ring (bicyclic) bond motifs is 1. The van der Waals surface area contributed by atoms with Gasteiger partial charge in [-0.2, -0.15) is 0 Å². The second-order valence-corrected chi connectivity index (χ2v) is 6.21. The normalized spacial score (nSPS) is 15.3. The van der Waals surface area contributed by atoms with Crippen molar-refractivity contribution in [2.75, 3.05) is 18.0 Å². The molecular weight excluding hydrogens is 286 g/mol. The quantitative estimate of drug-likeness (QED) is 0.948. The number of pyridine rings is 1. The van der Waals surface area contributed by atoms with Crippen molar-refractivity contribution in [1.29, 1.82) is 0 Å². The van der Waals surface area contributed by atoms with Crippen LogP contribution in [0.4, 0.5) is 5.82 Å². The summed E-state index contributed by atoms with van der Waals surface area (Å²) in [6.45, 7) is 5.41. The summed E-state index contributed by atoms with van der Waals surface area (Å²) in [6.07, 6.45) is 0. The summed E-state index contributed by atoms with van der Waals surface area (Å²) in [5, 5.41) is 4.69. The molecule has 110 valence electrons. The second-order valence-electron chi connectivity index (χ2n) is 5.77. The summed E-state index contributed by atoms with van der Waals surface area (Å²) < 4.78 is 0. The Bertz CT molecular complexity index is 680. The van der Waals surface area contributed by atoms with Gasteiger partial charge in [0.1, 0.15) is 5.82 Å². The first-order valence-electron chi connectivity index (χ1n) is 7.14. The van der Waals surface area contributed by atoms with Gasteiger partial charge in [0, 0.05) is 29.5 Å². The van der Waals surface area contributed by atoms with Crippen LogP contribution in [0.15, 0.2) is 30.3 Å². The van der Waals surface area contributed by atoms with Crippen molar-refractivity contribution in [3.05, 3.63) is 35.4 Å². The minimum Gasteiger partial charge on any atom is -0.355 e. The van der Waals surface area contributed by atoms with Crippen molar-refractivity contribution in [2.24, 2.45) is 5.92 Å². The molecule has 1 fully saturated rings. The molecule has 0 unspecified atom stereocenters. The highest BCUT2D eigenvalue weighted by Gasteiger charge is 2.33. The molecule has 0 atom stereocenters. The molecule has 21 heavy (non-hydrogen) atoms. The largest absolute Gasteiger partial charge is 0.355 e. The molecule has 1 amide bonds. The minimum atomic E-state index is 0.0649. The molecular formula is C16H18ClN3O. The summed E-state index contributed by atoms with van der Waals surface area (Å²) in [7, 11) is 0. The van der Waals surface area contributed by atoms with Crippen LogP contribution in [-0.4, -0.2) is 30.0 Å². The van der Waals surface area contributed by atoms with Gasteiger partial charge < -0.3 is 10.2 Å². The molecule has 0 radical (unpaired) electrons. The van der Waals surface area contributed by atoms with E-state index in [9.17, 15) is 4.79 Å². The Labute approximate surface area is 129 Å². The molecule has 2 aromatic rings. The highest BCUT2D eigenvalue weighted by Crippen LogP contribution is 2.26. The predicted molar refractivity (Wildman–Crippen MR) is 85.7 cm³/mol. The number of anilines is 1. The highest BCUT2D eigenvalue weighted by atomic mass is 35.5. The maximum Gasteiger partial charge on any atom is 0.226 e. The maximum absolute atomic E-state index is 11.9. The third-order valence-electron chi connectivity index (χ3n) is 3.64. The van der Waals surface area contributed by atoms with Gasteiger partial charge in [-0.1, -0.05) is 11.6 Å². The molecule has 3 rings (SSSR count). The van der Waals surface area contributed by atoms with E-state index in [4.69, 9.17) is 11.6 Å². The van der Waals surface area contributed by atoms with E-state index in [0.29, 0.717) is 5.02 Å². The lowest BCUT2D eigenvalue weighted by atomic mass is 9.98. The fourth-order valence-corrected chi connectivity index (χ4v) is 2.68. The first-order valence-corrected chi connectivity index (χ1v) is 7.52. The van der Waals surface area contributed by atoms with Gasteiger partial charge in [-0.05, 0) is 44.2 Å². The van der Waals surface area contributed by atoms with Crippen LogP contribution in [-0.2, 0) is 4.79 Å². The molecule has 1 aromatic heterocycles. The SMILES string of the molecule is CC(C)NC(=O)C1CN(c2ccc3cc(Cl)ccc3n2)C1. The number of rotatable bonds is 3. The van der Waals surface area contributed by atoms with E-state index in [-0.39, 0.29) is 17.9 Å². The smallest absolute Gasteiger partial charge is 0.226 e. The van der Waals surface area contributed by atoms with Gasteiger partial charge in [0.05, 0.1) is 11.4 Å². The first-order chi connectivity index (χ1) is 10.0. The van der Waals surface area contributed by atoms with E-state index in [0.717, 1.165) is 29.8 Å². The van der Waals surface area contributed by atoms with E-state index in [2.05, 4.69) is 15.2 Å². The maximum atomic E-state index is 11.9. The topological polar surface area (TPSA) is 45.2 Å². The van der Waals surface area contributed by atoms with Crippen LogP contribution >= 0.6 is 11.6 Å². The molecule has 1 aromatic carbocycles. The van der Waals surface area contributed by atoms with Crippen LogP contribution in [0.5, 0.6) is 0 Å². The Morgan fingerprint density at radius 3 is 2.81 bits per heavy atom. The number of hydrogen-bond donors (Lipinski definition) is 1. The molecule has 0 bridgehead atoms. The fraction of sp³-hybridized carbons (Fsp3) is 0.375. The van der Waals surface area contributed by atoms with Gasteiger partial charge in [0.25, 0.3) is 0 Å². The Morgan fingerprint density at radius 2 is 2.10 bits per heavy atom. The van der Waals surface area contributed by atoms with E-state index in [1.54, 1.807) is 0 Å². The van der Waals surface area contributed by atoms with Gasteiger partial charge in [-0.3, -0.25) is 4.79 Å². The lowest BCUT2D eigenvalue weighted by molar-refractivity contribution is -0.126. The van der Waals surface area contributed by atoms with Crippen LogP contribution in [0.3, 0.4) is 0 Å². The third-order valence-corrected chi connectivity index (χ3v) is 3.88. The number of amides is 1. The number of benzene rings is 1. The Balaban J connectivity index is 1.69. The van der Waals surface area contributed by atoms with Crippen molar-refractivity contribution in [3.8, 4) is 0 Å². The molecule has 1 aliphatic rings. The van der Waals surface area contributed by atoms with Gasteiger partial charge in [0.15, 0.2) is 0 Å². The van der Waals surface area contributed by atoms with Crippen molar-refractivity contribution >= 4 is 34.2 Å². The highest BCUT2D eigenvalue weighted by molar-refractivity contribution is 6.31. The molecule has 0 spiro atoms. The molecule has 5 heteroatoms. The first kappa shape index (κ1) is 14.1. The zero-order chi connectivity index (χ0) is 15.0. The average Bonchev–Trinajstić information content (AvgIpc) is 2.36. The summed E-state index contributed by atoms with van der Waals surface area (Å²) in [5.41, 5.74) is 0.923. The van der Waals surface area contributed by atoms with Crippen LogP contribution < -0.4 is 10.2 Å². The second kappa shape index (κ2) is 5.53. The van der Waals surface area contributed by atoms with Crippen LogP contribution in [0, 0.1) is 5.92 Å². The van der Waals surface area contributed by atoms with Crippen molar-refractivity contribution in [1.82, 2.24) is 10.3 Å². The predicted octanol–water partition coefficient (Wildman–Crippen LogP) is 2.85. The molecule has 0 saturated carbocycles. The van der Waals surface area contributed by atoms with Crippen molar-refractivity contribution < 1.29 is 4.79 Å². The zero-order valence-corrected chi connectivity index (χ0v) is 12.9. The Hall–Kier alpha value is -1.81. The number of aromatic nitrogens is 1. The summed E-state index contributed by atoms with van der Waals surface area (Å²) in [4.78, 5) is 18.6. The Morgan fingerprint density at radius 1 is 1.33 bits per heavy atom. The van der Waals surface area contributed by atoms with Crippen LogP contribution in [0.25, 0.3) is 10.9 Å². The van der Waals surface area contributed by atoms with Crippen molar-refractivity contribution in [3.63, 3.8) is 0 Å². The molecule has 1 N–H and O–H groups in total. The number of halogens is 1. The van der Waals surface area contributed by atoms with Crippen molar-refractivity contribution in [2.45, 2.75) is 19.9 Å². The third kappa shape index (κ3) is 2.95. The van der Waals surface area contributed by atoms with E-state index in [1.807, 2.05) is 44.2 Å². The van der Waals surface area contributed by atoms with E-state index < -0.39 is 0 Å². The fourth-order valence-electron chi connectivity index (χ4n) is 2.50. The van der Waals surface area contributed by atoms with Crippen LogP contribution in [0.2, 0.25) is 5.02 Å². The number of hydrogen-bond acceptors (Lipinski definition) is 3. The average molecular weight is 304 g/mol. The van der Waals surface area contributed by atoms with Gasteiger partial charge in [0.2, 0.25) is 5.91 Å². The summed E-state index contributed by atoms with van der Waals surface area (Å²) in [6, 6.07) is 9.86.